The van der Waals surface area contributed by atoms with Gasteiger partial charge in [-0.1, -0.05) is 35.5 Å². The number of aromatic nitrogens is 1. The fourth-order valence-corrected chi connectivity index (χ4v) is 3.22. The fourth-order valence-electron chi connectivity index (χ4n) is 2.39. The molecule has 2 N–H and O–H groups in total. The molecule has 2 aromatic rings. The Morgan fingerprint density at radius 2 is 1.96 bits per heavy atom. The number of hydrogen-bond donors (Lipinski definition) is 2. The maximum atomic E-state index is 12.7. The third kappa shape index (κ3) is 6.77. The number of amides is 1. The number of carbonyl (C=O) groups is 3. The summed E-state index contributed by atoms with van der Waals surface area (Å²) in [6.45, 7) is 3.46. The van der Waals surface area contributed by atoms with Gasteiger partial charge in [0.1, 0.15) is 5.69 Å². The number of halogens is 1. The van der Waals surface area contributed by atoms with Crippen LogP contribution in [0.25, 0.3) is 0 Å². The Hall–Kier alpha value is -2.25. The molecule has 0 aliphatic heterocycles. The molecule has 1 aromatic heterocycles. The monoisotopic (exact) mass is 408 g/mol. The van der Waals surface area contributed by atoms with Gasteiger partial charge in [0.25, 0.3) is 0 Å². The third-order valence-electron chi connectivity index (χ3n) is 3.70. The average molecular weight is 409 g/mol. The van der Waals surface area contributed by atoms with E-state index in [0.717, 1.165) is 17.3 Å². The summed E-state index contributed by atoms with van der Waals surface area (Å²) >= 11 is 7.01. The summed E-state index contributed by atoms with van der Waals surface area (Å²) in [5.74, 6) is -0.768. The van der Waals surface area contributed by atoms with E-state index in [4.69, 9.17) is 16.3 Å². The highest BCUT2D eigenvalue weighted by Gasteiger charge is 2.21. The third-order valence-corrected chi connectivity index (χ3v) is 4.93. The van der Waals surface area contributed by atoms with E-state index in [9.17, 15) is 14.4 Å². The zero-order valence-electron chi connectivity index (χ0n) is 15.1. The molecule has 0 aliphatic rings. The van der Waals surface area contributed by atoms with Crippen LogP contribution in [0.2, 0.25) is 5.02 Å². The molecule has 0 spiro atoms. The molecule has 1 amide bonds. The van der Waals surface area contributed by atoms with Gasteiger partial charge in [0.2, 0.25) is 5.91 Å². The zero-order chi connectivity index (χ0) is 19.8. The van der Waals surface area contributed by atoms with Crippen LogP contribution in [-0.2, 0) is 20.7 Å². The molecule has 8 heteroatoms. The number of aromatic amines is 1. The van der Waals surface area contributed by atoms with Crippen molar-refractivity contribution in [2.24, 2.45) is 5.92 Å². The number of thioether (sulfide) groups is 1. The first kappa shape index (κ1) is 21.1. The first-order chi connectivity index (χ1) is 12.9. The van der Waals surface area contributed by atoms with Crippen LogP contribution >= 0.6 is 23.4 Å². The SMILES string of the molecule is CCOC(=O)c1cc(NC(=O)C(CSC(C)=O)Cc2ccc(Cl)cc2)c[nH]1. The highest BCUT2D eigenvalue weighted by Crippen LogP contribution is 2.20. The van der Waals surface area contributed by atoms with Crippen molar-refractivity contribution in [2.45, 2.75) is 20.3 Å². The molecule has 1 aromatic carbocycles. The van der Waals surface area contributed by atoms with Gasteiger partial charge in [-0.05, 0) is 37.1 Å². The van der Waals surface area contributed by atoms with Crippen molar-refractivity contribution in [3.63, 3.8) is 0 Å². The number of nitrogens with one attached hydrogen (secondary N) is 2. The van der Waals surface area contributed by atoms with Gasteiger partial charge in [0.15, 0.2) is 5.12 Å². The lowest BCUT2D eigenvalue weighted by Gasteiger charge is -2.15. The van der Waals surface area contributed by atoms with E-state index in [0.29, 0.717) is 22.9 Å². The van der Waals surface area contributed by atoms with Crippen molar-refractivity contribution < 1.29 is 19.1 Å². The van der Waals surface area contributed by atoms with Crippen LogP contribution in [0.5, 0.6) is 0 Å². The van der Waals surface area contributed by atoms with Crippen LogP contribution < -0.4 is 5.32 Å². The van der Waals surface area contributed by atoms with E-state index in [1.54, 1.807) is 19.1 Å². The second-order valence-corrected chi connectivity index (χ2v) is 7.48. The molecule has 1 atom stereocenters. The van der Waals surface area contributed by atoms with Crippen molar-refractivity contribution in [2.75, 3.05) is 17.7 Å². The number of esters is 1. The fraction of sp³-hybridized carbons (Fsp3) is 0.316. The van der Waals surface area contributed by atoms with Gasteiger partial charge in [-0.2, -0.15) is 0 Å². The molecule has 0 radical (unpaired) electrons. The van der Waals surface area contributed by atoms with Crippen molar-refractivity contribution in [3.8, 4) is 0 Å². The summed E-state index contributed by atoms with van der Waals surface area (Å²) in [6, 6.07) is 8.77. The molecule has 0 fully saturated rings. The van der Waals surface area contributed by atoms with Crippen LogP contribution in [-0.4, -0.2) is 34.3 Å². The van der Waals surface area contributed by atoms with Crippen LogP contribution in [0.3, 0.4) is 0 Å². The first-order valence-corrected chi connectivity index (χ1v) is 9.79. The second-order valence-electron chi connectivity index (χ2n) is 5.84. The molecular formula is C19H21ClN2O4S. The Morgan fingerprint density at radius 1 is 1.26 bits per heavy atom. The number of hydrogen-bond acceptors (Lipinski definition) is 5. The number of benzene rings is 1. The smallest absolute Gasteiger partial charge is 0.354 e. The van der Waals surface area contributed by atoms with Crippen molar-refractivity contribution in [1.82, 2.24) is 4.98 Å². The van der Waals surface area contributed by atoms with Crippen LogP contribution in [0.15, 0.2) is 36.5 Å². The lowest BCUT2D eigenvalue weighted by molar-refractivity contribution is -0.119. The average Bonchev–Trinajstić information content (AvgIpc) is 3.08. The lowest BCUT2D eigenvalue weighted by atomic mass is 10.00. The molecule has 0 saturated heterocycles. The van der Waals surface area contributed by atoms with Gasteiger partial charge in [0.05, 0.1) is 18.2 Å². The largest absolute Gasteiger partial charge is 0.461 e. The van der Waals surface area contributed by atoms with Gasteiger partial charge < -0.3 is 15.0 Å². The standard InChI is InChI=1S/C19H21ClN2O4S/c1-3-26-19(25)17-9-16(10-21-17)22-18(24)14(11-27-12(2)23)8-13-4-6-15(20)7-5-13/h4-7,9-10,14,21H,3,8,11H2,1-2H3,(H,22,24). The van der Waals surface area contributed by atoms with Crippen molar-refractivity contribution >= 4 is 46.0 Å². The van der Waals surface area contributed by atoms with Crippen LogP contribution in [0, 0.1) is 5.92 Å². The number of anilines is 1. The van der Waals surface area contributed by atoms with E-state index in [-0.39, 0.29) is 23.3 Å². The lowest BCUT2D eigenvalue weighted by Crippen LogP contribution is -2.27. The van der Waals surface area contributed by atoms with E-state index in [2.05, 4.69) is 10.3 Å². The summed E-state index contributed by atoms with van der Waals surface area (Å²) in [6.07, 6.45) is 2.00. The summed E-state index contributed by atoms with van der Waals surface area (Å²) in [7, 11) is 0. The summed E-state index contributed by atoms with van der Waals surface area (Å²) in [4.78, 5) is 38.5. The second kappa shape index (κ2) is 10.2. The maximum Gasteiger partial charge on any atom is 0.354 e. The Bertz CT molecular complexity index is 804. The zero-order valence-corrected chi connectivity index (χ0v) is 16.7. The molecule has 27 heavy (non-hydrogen) atoms. The van der Waals surface area contributed by atoms with Gasteiger partial charge in [-0.15, -0.1) is 0 Å². The van der Waals surface area contributed by atoms with E-state index >= 15 is 0 Å². The molecule has 1 heterocycles. The van der Waals surface area contributed by atoms with Gasteiger partial charge in [-0.3, -0.25) is 9.59 Å². The number of rotatable bonds is 8. The maximum absolute atomic E-state index is 12.7. The molecule has 1 unspecified atom stereocenters. The molecule has 0 aliphatic carbocycles. The molecule has 0 saturated carbocycles. The van der Waals surface area contributed by atoms with Crippen molar-refractivity contribution in [1.29, 1.82) is 0 Å². The van der Waals surface area contributed by atoms with Crippen molar-refractivity contribution in [3.05, 3.63) is 52.8 Å². The summed E-state index contributed by atoms with van der Waals surface area (Å²) in [5.41, 5.74) is 1.68. The topological polar surface area (TPSA) is 88.3 Å². The Balaban J connectivity index is 2.07. The Kier molecular flexibility index (Phi) is 7.94. The predicted molar refractivity (Wildman–Crippen MR) is 107 cm³/mol. The Labute approximate surface area is 167 Å². The quantitative estimate of drug-likeness (QED) is 0.646. The number of H-pyrrole nitrogens is 1. The normalized spacial score (nSPS) is 11.7. The molecular weight excluding hydrogens is 388 g/mol. The molecule has 6 nitrogen and oxygen atoms in total. The highest BCUT2D eigenvalue weighted by atomic mass is 35.5. The number of ether oxygens (including phenoxy) is 1. The minimum Gasteiger partial charge on any atom is -0.461 e. The Morgan fingerprint density at radius 3 is 2.59 bits per heavy atom. The minimum absolute atomic E-state index is 0.0462. The highest BCUT2D eigenvalue weighted by molar-refractivity contribution is 8.13. The first-order valence-electron chi connectivity index (χ1n) is 8.43. The van der Waals surface area contributed by atoms with E-state index in [1.807, 2.05) is 12.1 Å². The molecule has 2 rings (SSSR count). The van der Waals surface area contributed by atoms with Gasteiger partial charge >= 0.3 is 5.97 Å². The summed E-state index contributed by atoms with van der Waals surface area (Å²) in [5, 5.41) is 3.36. The van der Waals surface area contributed by atoms with Crippen LogP contribution in [0.1, 0.15) is 29.9 Å². The summed E-state index contributed by atoms with van der Waals surface area (Å²) < 4.78 is 4.91. The minimum atomic E-state index is -0.483. The number of carbonyl (C=O) groups excluding carboxylic acids is 3. The van der Waals surface area contributed by atoms with E-state index < -0.39 is 11.9 Å². The van der Waals surface area contributed by atoms with E-state index in [1.165, 1.54) is 19.2 Å². The van der Waals surface area contributed by atoms with Crippen LogP contribution in [0.4, 0.5) is 5.69 Å². The molecule has 0 bridgehead atoms. The predicted octanol–water partition coefficient (Wildman–Crippen LogP) is 3.92. The van der Waals surface area contributed by atoms with Gasteiger partial charge in [-0.25, -0.2) is 4.79 Å². The van der Waals surface area contributed by atoms with Gasteiger partial charge in [0, 0.05) is 23.9 Å². The molecule has 144 valence electrons.